The highest BCUT2D eigenvalue weighted by atomic mass is 16.5. The highest BCUT2D eigenvalue weighted by Crippen LogP contribution is 2.20. The summed E-state index contributed by atoms with van der Waals surface area (Å²) in [5.74, 6) is 1.49. The predicted octanol–water partition coefficient (Wildman–Crippen LogP) is 0.661. The summed E-state index contributed by atoms with van der Waals surface area (Å²) in [6, 6.07) is 5.66. The average Bonchev–Trinajstić information content (AvgIpc) is 2.65. The summed E-state index contributed by atoms with van der Waals surface area (Å²) in [7, 11) is 1.60. The maximum absolute atomic E-state index is 9.39. The zero-order valence-corrected chi connectivity index (χ0v) is 8.18. The molecule has 0 amide bonds. The van der Waals surface area contributed by atoms with Crippen LogP contribution in [-0.2, 0) is 0 Å². The average molecular weight is 194 g/mol. The Labute approximate surface area is 83.1 Å². The van der Waals surface area contributed by atoms with Crippen molar-refractivity contribution >= 4 is 5.82 Å². The van der Waals surface area contributed by atoms with Gasteiger partial charge in [0.1, 0.15) is 5.82 Å². The molecule has 1 saturated heterocycles. The number of aliphatic hydroxyl groups is 1. The van der Waals surface area contributed by atoms with Gasteiger partial charge in [0.25, 0.3) is 0 Å². The number of ether oxygens (including phenoxy) is 1. The van der Waals surface area contributed by atoms with Crippen molar-refractivity contribution in [1.29, 1.82) is 0 Å². The molecular weight excluding hydrogens is 180 g/mol. The van der Waals surface area contributed by atoms with E-state index in [4.69, 9.17) is 4.74 Å². The van der Waals surface area contributed by atoms with Gasteiger partial charge in [-0.15, -0.1) is 0 Å². The first-order chi connectivity index (χ1) is 6.79. The van der Waals surface area contributed by atoms with Gasteiger partial charge in [-0.05, 0) is 12.5 Å². The molecule has 0 unspecified atom stereocenters. The quantitative estimate of drug-likeness (QED) is 0.751. The second-order valence-electron chi connectivity index (χ2n) is 3.43. The number of β-amino-alcohol motifs (C(OH)–C–C–N with tert-alkyl or cyclic N) is 1. The lowest BCUT2D eigenvalue weighted by molar-refractivity contribution is 0.198. The van der Waals surface area contributed by atoms with Crippen LogP contribution in [0, 0.1) is 0 Å². The molecule has 76 valence electrons. The number of methoxy groups -OCH3 is 1. The van der Waals surface area contributed by atoms with Crippen molar-refractivity contribution in [1.82, 2.24) is 4.98 Å². The maximum atomic E-state index is 9.39. The van der Waals surface area contributed by atoms with Crippen molar-refractivity contribution in [3.05, 3.63) is 18.2 Å². The Hall–Kier alpha value is -1.29. The van der Waals surface area contributed by atoms with Crippen LogP contribution < -0.4 is 9.64 Å². The van der Waals surface area contributed by atoms with Crippen LogP contribution in [0.4, 0.5) is 5.82 Å². The van der Waals surface area contributed by atoms with Crippen molar-refractivity contribution in [3.63, 3.8) is 0 Å². The van der Waals surface area contributed by atoms with E-state index in [0.717, 1.165) is 18.8 Å². The summed E-state index contributed by atoms with van der Waals surface area (Å²) >= 11 is 0. The van der Waals surface area contributed by atoms with E-state index in [1.165, 1.54) is 0 Å². The molecule has 4 nitrogen and oxygen atoms in total. The van der Waals surface area contributed by atoms with Gasteiger partial charge in [-0.3, -0.25) is 0 Å². The van der Waals surface area contributed by atoms with Crippen LogP contribution in [0.1, 0.15) is 6.42 Å². The zero-order chi connectivity index (χ0) is 9.97. The third-order valence-corrected chi connectivity index (χ3v) is 2.41. The Morgan fingerprint density at radius 2 is 2.43 bits per heavy atom. The molecule has 14 heavy (non-hydrogen) atoms. The van der Waals surface area contributed by atoms with Crippen molar-refractivity contribution in [2.75, 3.05) is 25.1 Å². The van der Waals surface area contributed by atoms with Gasteiger partial charge in [0.15, 0.2) is 0 Å². The van der Waals surface area contributed by atoms with E-state index in [0.29, 0.717) is 12.4 Å². The first-order valence-electron chi connectivity index (χ1n) is 4.73. The smallest absolute Gasteiger partial charge is 0.214 e. The molecule has 0 saturated carbocycles. The van der Waals surface area contributed by atoms with Crippen molar-refractivity contribution in [2.24, 2.45) is 0 Å². The van der Waals surface area contributed by atoms with Gasteiger partial charge in [0.05, 0.1) is 13.2 Å². The third kappa shape index (κ3) is 1.80. The standard InChI is InChI=1S/C10H14N2O2/c1-14-10-4-2-3-9(11-10)12-6-5-8(13)7-12/h2-4,8,13H,5-7H2,1H3/t8-/m1/s1. The predicted molar refractivity (Wildman–Crippen MR) is 53.6 cm³/mol. The van der Waals surface area contributed by atoms with Gasteiger partial charge in [-0.2, -0.15) is 4.98 Å². The Bertz CT molecular complexity index is 317. The lowest BCUT2D eigenvalue weighted by Gasteiger charge is -2.16. The third-order valence-electron chi connectivity index (χ3n) is 2.41. The molecule has 1 aliphatic rings. The summed E-state index contributed by atoms with van der Waals surface area (Å²) in [5, 5.41) is 9.39. The summed E-state index contributed by atoms with van der Waals surface area (Å²) in [5.41, 5.74) is 0. The number of aromatic nitrogens is 1. The van der Waals surface area contributed by atoms with Crippen LogP contribution in [0.5, 0.6) is 5.88 Å². The minimum absolute atomic E-state index is 0.219. The maximum Gasteiger partial charge on any atom is 0.214 e. The molecule has 0 spiro atoms. The van der Waals surface area contributed by atoms with E-state index in [9.17, 15) is 5.11 Å². The van der Waals surface area contributed by atoms with E-state index >= 15 is 0 Å². The Morgan fingerprint density at radius 3 is 3.07 bits per heavy atom. The monoisotopic (exact) mass is 194 g/mol. The normalized spacial score (nSPS) is 21.3. The van der Waals surface area contributed by atoms with Gasteiger partial charge in [-0.25, -0.2) is 0 Å². The molecule has 0 radical (unpaired) electrons. The van der Waals surface area contributed by atoms with Gasteiger partial charge >= 0.3 is 0 Å². The van der Waals surface area contributed by atoms with E-state index in [1.54, 1.807) is 7.11 Å². The molecule has 2 rings (SSSR count). The first kappa shape index (κ1) is 9.27. The van der Waals surface area contributed by atoms with Crippen LogP contribution in [0.25, 0.3) is 0 Å². The number of anilines is 1. The second-order valence-corrected chi connectivity index (χ2v) is 3.43. The summed E-state index contributed by atoms with van der Waals surface area (Å²) in [6.07, 6.45) is 0.599. The van der Waals surface area contributed by atoms with Crippen LogP contribution in [0.2, 0.25) is 0 Å². The molecule has 0 bridgehead atoms. The van der Waals surface area contributed by atoms with E-state index in [2.05, 4.69) is 9.88 Å². The van der Waals surface area contributed by atoms with Crippen LogP contribution in [0.15, 0.2) is 18.2 Å². The Balaban J connectivity index is 2.15. The molecule has 1 N–H and O–H groups in total. The molecule has 1 atom stereocenters. The highest BCUT2D eigenvalue weighted by molar-refractivity contribution is 5.41. The molecule has 0 aromatic carbocycles. The fourth-order valence-corrected chi connectivity index (χ4v) is 1.64. The fraction of sp³-hybridized carbons (Fsp3) is 0.500. The number of pyridine rings is 1. The van der Waals surface area contributed by atoms with Crippen molar-refractivity contribution < 1.29 is 9.84 Å². The minimum Gasteiger partial charge on any atom is -0.481 e. The van der Waals surface area contributed by atoms with Crippen LogP contribution in [0.3, 0.4) is 0 Å². The van der Waals surface area contributed by atoms with Crippen LogP contribution in [-0.4, -0.2) is 36.4 Å². The SMILES string of the molecule is COc1cccc(N2CC[C@@H](O)C2)n1. The van der Waals surface area contributed by atoms with Gasteiger partial charge < -0.3 is 14.7 Å². The van der Waals surface area contributed by atoms with Gasteiger partial charge in [0.2, 0.25) is 5.88 Å². The number of rotatable bonds is 2. The molecule has 2 heterocycles. The van der Waals surface area contributed by atoms with E-state index in [-0.39, 0.29) is 6.10 Å². The largest absolute Gasteiger partial charge is 0.481 e. The zero-order valence-electron chi connectivity index (χ0n) is 8.18. The molecule has 1 aliphatic heterocycles. The molecule has 1 aromatic rings. The Morgan fingerprint density at radius 1 is 1.57 bits per heavy atom. The van der Waals surface area contributed by atoms with Gasteiger partial charge in [0, 0.05) is 19.2 Å². The van der Waals surface area contributed by atoms with E-state index < -0.39 is 0 Å². The topological polar surface area (TPSA) is 45.6 Å². The molecule has 1 aromatic heterocycles. The molecule has 4 heteroatoms. The lowest BCUT2D eigenvalue weighted by atomic mass is 10.3. The number of hydrogen-bond acceptors (Lipinski definition) is 4. The highest BCUT2D eigenvalue weighted by Gasteiger charge is 2.21. The second kappa shape index (κ2) is 3.84. The lowest BCUT2D eigenvalue weighted by Crippen LogP contribution is -2.22. The first-order valence-corrected chi connectivity index (χ1v) is 4.73. The summed E-state index contributed by atoms with van der Waals surface area (Å²) in [6.45, 7) is 1.53. The fourth-order valence-electron chi connectivity index (χ4n) is 1.64. The molecule has 1 fully saturated rings. The summed E-state index contributed by atoms with van der Waals surface area (Å²) in [4.78, 5) is 6.36. The van der Waals surface area contributed by atoms with Crippen LogP contribution >= 0.6 is 0 Å². The van der Waals surface area contributed by atoms with E-state index in [1.807, 2.05) is 18.2 Å². The number of nitrogens with zero attached hydrogens (tertiary/aromatic N) is 2. The van der Waals surface area contributed by atoms with Gasteiger partial charge in [-0.1, -0.05) is 6.07 Å². The summed E-state index contributed by atoms with van der Waals surface area (Å²) < 4.78 is 5.04. The van der Waals surface area contributed by atoms with Crippen molar-refractivity contribution in [3.8, 4) is 5.88 Å². The Kier molecular flexibility index (Phi) is 2.54. The van der Waals surface area contributed by atoms with Crippen molar-refractivity contribution in [2.45, 2.75) is 12.5 Å². The minimum atomic E-state index is -0.219. The number of aliphatic hydroxyl groups excluding tert-OH is 1. The number of hydrogen-bond donors (Lipinski definition) is 1. The molecular formula is C10H14N2O2. The molecule has 0 aliphatic carbocycles.